The molecule has 0 saturated heterocycles. The van der Waals surface area contributed by atoms with Crippen LogP contribution in [0.5, 0.6) is 0 Å². The lowest BCUT2D eigenvalue weighted by Gasteiger charge is -2.22. The summed E-state index contributed by atoms with van der Waals surface area (Å²) in [7, 11) is 0. The summed E-state index contributed by atoms with van der Waals surface area (Å²) in [4.78, 5) is 13.5. The van der Waals surface area contributed by atoms with Crippen LogP contribution >= 0.6 is 15.9 Å². The Morgan fingerprint density at radius 3 is 2.67 bits per heavy atom. The van der Waals surface area contributed by atoms with Crippen molar-refractivity contribution in [3.05, 3.63) is 29.8 Å². The number of anilines is 1. The number of hydrogen-bond acceptors (Lipinski definition) is 1. The Kier molecular flexibility index (Phi) is 4.33. The fourth-order valence-corrected chi connectivity index (χ4v) is 1.72. The Bertz CT molecular complexity index is 349. The maximum atomic E-state index is 11.9. The van der Waals surface area contributed by atoms with Crippen LogP contribution in [-0.4, -0.2) is 17.3 Å². The van der Waals surface area contributed by atoms with E-state index in [0.29, 0.717) is 6.54 Å². The number of nitrogens with zero attached hydrogens (tertiary/aromatic N) is 1. The van der Waals surface area contributed by atoms with E-state index in [-0.39, 0.29) is 10.7 Å². The molecule has 0 N–H and O–H groups in total. The molecule has 0 unspecified atom stereocenters. The van der Waals surface area contributed by atoms with Crippen LogP contribution in [0, 0.1) is 6.92 Å². The van der Waals surface area contributed by atoms with Gasteiger partial charge in [-0.05, 0) is 38.5 Å². The SMILES string of the molecule is CCN(C(=O)[C@@H](C)Br)c1cccc(C)c1. The van der Waals surface area contributed by atoms with Crippen molar-refractivity contribution < 1.29 is 4.79 Å². The number of carbonyl (C=O) groups is 1. The maximum absolute atomic E-state index is 11.9. The summed E-state index contributed by atoms with van der Waals surface area (Å²) in [5, 5.41) is 0. The number of hydrogen-bond donors (Lipinski definition) is 0. The molecule has 0 aliphatic carbocycles. The number of rotatable bonds is 3. The summed E-state index contributed by atoms with van der Waals surface area (Å²) in [5.41, 5.74) is 2.13. The fraction of sp³-hybridized carbons (Fsp3) is 0.417. The van der Waals surface area contributed by atoms with Crippen LogP contribution < -0.4 is 4.90 Å². The lowest BCUT2D eigenvalue weighted by atomic mass is 10.2. The largest absolute Gasteiger partial charge is 0.312 e. The van der Waals surface area contributed by atoms with Gasteiger partial charge < -0.3 is 4.90 Å². The molecule has 1 atom stereocenters. The molecule has 0 fully saturated rings. The van der Waals surface area contributed by atoms with Gasteiger partial charge in [0.05, 0.1) is 4.83 Å². The van der Waals surface area contributed by atoms with Crippen LogP contribution in [0.15, 0.2) is 24.3 Å². The molecule has 2 nitrogen and oxygen atoms in total. The first-order valence-corrected chi connectivity index (χ1v) is 6.00. The van der Waals surface area contributed by atoms with Gasteiger partial charge in [0, 0.05) is 12.2 Å². The molecule has 1 aromatic rings. The molecule has 3 heteroatoms. The third-order valence-electron chi connectivity index (χ3n) is 2.24. The Labute approximate surface area is 99.4 Å². The summed E-state index contributed by atoms with van der Waals surface area (Å²) in [6.07, 6.45) is 0. The van der Waals surface area contributed by atoms with Crippen molar-refractivity contribution in [1.82, 2.24) is 0 Å². The van der Waals surface area contributed by atoms with Crippen LogP contribution in [0.4, 0.5) is 5.69 Å². The smallest absolute Gasteiger partial charge is 0.240 e. The Morgan fingerprint density at radius 2 is 2.20 bits per heavy atom. The van der Waals surface area contributed by atoms with E-state index in [2.05, 4.69) is 15.9 Å². The lowest BCUT2D eigenvalue weighted by Crippen LogP contribution is -2.35. The average molecular weight is 270 g/mol. The summed E-state index contributed by atoms with van der Waals surface area (Å²) in [5.74, 6) is 0.100. The topological polar surface area (TPSA) is 20.3 Å². The van der Waals surface area contributed by atoms with E-state index in [0.717, 1.165) is 5.69 Å². The third-order valence-corrected chi connectivity index (χ3v) is 2.63. The summed E-state index contributed by atoms with van der Waals surface area (Å²) >= 11 is 3.31. The highest BCUT2D eigenvalue weighted by Gasteiger charge is 2.17. The average Bonchev–Trinajstić information content (AvgIpc) is 2.18. The summed E-state index contributed by atoms with van der Waals surface area (Å²) in [6, 6.07) is 7.99. The van der Waals surface area contributed by atoms with Gasteiger partial charge in [0.25, 0.3) is 0 Å². The van der Waals surface area contributed by atoms with Crippen molar-refractivity contribution in [3.63, 3.8) is 0 Å². The van der Waals surface area contributed by atoms with Gasteiger partial charge in [-0.2, -0.15) is 0 Å². The molecule has 15 heavy (non-hydrogen) atoms. The predicted molar refractivity (Wildman–Crippen MR) is 67.6 cm³/mol. The molecule has 1 amide bonds. The van der Waals surface area contributed by atoms with Crippen LogP contribution in [-0.2, 0) is 4.79 Å². The zero-order valence-corrected chi connectivity index (χ0v) is 10.9. The van der Waals surface area contributed by atoms with Gasteiger partial charge in [-0.25, -0.2) is 0 Å². The molecular formula is C12H16BrNO. The second-order valence-corrected chi connectivity index (χ2v) is 4.91. The van der Waals surface area contributed by atoms with E-state index in [9.17, 15) is 4.79 Å². The lowest BCUT2D eigenvalue weighted by molar-refractivity contribution is -0.117. The molecule has 0 aliphatic rings. The number of alkyl halides is 1. The van der Waals surface area contributed by atoms with Crippen molar-refractivity contribution >= 4 is 27.5 Å². The van der Waals surface area contributed by atoms with Gasteiger partial charge in [-0.1, -0.05) is 28.1 Å². The van der Waals surface area contributed by atoms with Gasteiger partial charge in [-0.3, -0.25) is 4.79 Å². The molecule has 0 saturated carbocycles. The normalized spacial score (nSPS) is 12.3. The van der Waals surface area contributed by atoms with Gasteiger partial charge in [-0.15, -0.1) is 0 Å². The standard InChI is InChI=1S/C12H16BrNO/c1-4-14(12(15)10(3)13)11-7-5-6-9(2)8-11/h5-8,10H,4H2,1-3H3/t10-/m1/s1. The van der Waals surface area contributed by atoms with Crippen LogP contribution in [0.3, 0.4) is 0 Å². The summed E-state index contributed by atoms with van der Waals surface area (Å²) < 4.78 is 0. The van der Waals surface area contributed by atoms with Gasteiger partial charge in [0.2, 0.25) is 5.91 Å². The second-order valence-electron chi connectivity index (χ2n) is 3.54. The molecule has 82 valence electrons. The molecule has 1 rings (SSSR count). The van der Waals surface area contributed by atoms with Gasteiger partial charge in [0.15, 0.2) is 0 Å². The maximum Gasteiger partial charge on any atom is 0.240 e. The van der Waals surface area contributed by atoms with Crippen molar-refractivity contribution in [2.24, 2.45) is 0 Å². The first-order valence-electron chi connectivity index (χ1n) is 5.08. The highest BCUT2D eigenvalue weighted by Crippen LogP contribution is 2.18. The van der Waals surface area contributed by atoms with Gasteiger partial charge >= 0.3 is 0 Å². The summed E-state index contributed by atoms with van der Waals surface area (Å²) in [6.45, 7) is 6.55. The first-order chi connectivity index (χ1) is 7.06. The molecule has 0 aliphatic heterocycles. The molecule has 0 heterocycles. The second kappa shape index (κ2) is 5.31. The van der Waals surface area contributed by atoms with E-state index in [4.69, 9.17) is 0 Å². The van der Waals surface area contributed by atoms with E-state index < -0.39 is 0 Å². The van der Waals surface area contributed by atoms with Crippen molar-refractivity contribution in [3.8, 4) is 0 Å². The molecule has 1 aromatic carbocycles. The molecule has 0 aromatic heterocycles. The number of aryl methyl sites for hydroxylation is 1. The van der Waals surface area contributed by atoms with Crippen molar-refractivity contribution in [2.75, 3.05) is 11.4 Å². The Hall–Kier alpha value is -0.830. The van der Waals surface area contributed by atoms with Crippen molar-refractivity contribution in [2.45, 2.75) is 25.6 Å². The Morgan fingerprint density at radius 1 is 1.53 bits per heavy atom. The molecule has 0 bridgehead atoms. The molecule has 0 radical (unpaired) electrons. The van der Waals surface area contributed by atoms with Crippen LogP contribution in [0.1, 0.15) is 19.4 Å². The van der Waals surface area contributed by atoms with E-state index >= 15 is 0 Å². The zero-order chi connectivity index (χ0) is 11.4. The Balaban J connectivity index is 2.97. The van der Waals surface area contributed by atoms with Crippen LogP contribution in [0.2, 0.25) is 0 Å². The molecule has 0 spiro atoms. The number of carbonyl (C=O) groups excluding carboxylic acids is 1. The van der Waals surface area contributed by atoms with E-state index in [1.54, 1.807) is 4.90 Å². The number of halogens is 1. The van der Waals surface area contributed by atoms with Crippen LogP contribution in [0.25, 0.3) is 0 Å². The monoisotopic (exact) mass is 269 g/mol. The highest BCUT2D eigenvalue weighted by atomic mass is 79.9. The number of benzene rings is 1. The first kappa shape index (κ1) is 12.2. The van der Waals surface area contributed by atoms with E-state index in [1.807, 2.05) is 45.0 Å². The zero-order valence-electron chi connectivity index (χ0n) is 9.33. The number of amides is 1. The quantitative estimate of drug-likeness (QED) is 0.773. The minimum atomic E-state index is -0.141. The van der Waals surface area contributed by atoms with Crippen molar-refractivity contribution in [1.29, 1.82) is 0 Å². The highest BCUT2D eigenvalue weighted by molar-refractivity contribution is 9.10. The molecular weight excluding hydrogens is 254 g/mol. The third kappa shape index (κ3) is 3.06. The minimum Gasteiger partial charge on any atom is -0.312 e. The fourth-order valence-electron chi connectivity index (χ4n) is 1.48. The minimum absolute atomic E-state index is 0.100. The van der Waals surface area contributed by atoms with E-state index in [1.165, 1.54) is 5.56 Å². The predicted octanol–water partition coefficient (Wildman–Crippen LogP) is 3.13. The van der Waals surface area contributed by atoms with Gasteiger partial charge in [0.1, 0.15) is 0 Å².